The van der Waals surface area contributed by atoms with E-state index in [1.165, 1.54) is 35.2 Å². The second-order valence-corrected chi connectivity index (χ2v) is 7.12. The number of carbonyl (C=O) groups is 1. The minimum absolute atomic E-state index is 0.0516. The predicted octanol–water partition coefficient (Wildman–Crippen LogP) is 2.05. The Balaban J connectivity index is 1.78. The van der Waals surface area contributed by atoms with Crippen molar-refractivity contribution in [3.8, 4) is 0 Å². The Morgan fingerprint density at radius 1 is 1.08 bits per heavy atom. The van der Waals surface area contributed by atoms with Gasteiger partial charge in [-0.25, -0.2) is 21.9 Å². The lowest BCUT2D eigenvalue weighted by molar-refractivity contribution is -0.117. The largest absolute Gasteiger partial charge is 0.311 e. The van der Waals surface area contributed by atoms with E-state index in [9.17, 15) is 22.0 Å². The number of anilines is 1. The van der Waals surface area contributed by atoms with Gasteiger partial charge in [-0.05, 0) is 30.3 Å². The number of carbonyl (C=O) groups excluding carboxylic acids is 1. The van der Waals surface area contributed by atoms with Crippen molar-refractivity contribution in [2.45, 2.75) is 17.4 Å². The molecule has 0 aromatic heterocycles. The van der Waals surface area contributed by atoms with Crippen molar-refractivity contribution in [2.24, 2.45) is 0 Å². The molecule has 1 atom stereocenters. The Labute approximate surface area is 138 Å². The average Bonchev–Trinajstić information content (AvgIpc) is 2.87. The molecule has 8 heteroatoms. The predicted molar refractivity (Wildman–Crippen MR) is 83.9 cm³/mol. The molecular weight excluding hydrogens is 338 g/mol. The monoisotopic (exact) mass is 352 g/mol. The third-order valence-electron chi connectivity index (χ3n) is 3.69. The van der Waals surface area contributed by atoms with Crippen LogP contribution in [0.25, 0.3) is 0 Å². The second kappa shape index (κ2) is 6.29. The third-order valence-corrected chi connectivity index (χ3v) is 5.25. The van der Waals surface area contributed by atoms with E-state index in [4.69, 9.17) is 0 Å². The van der Waals surface area contributed by atoms with Crippen molar-refractivity contribution in [2.75, 3.05) is 11.4 Å². The van der Waals surface area contributed by atoms with Crippen LogP contribution in [0.15, 0.2) is 53.4 Å². The van der Waals surface area contributed by atoms with Crippen LogP contribution in [0, 0.1) is 11.6 Å². The van der Waals surface area contributed by atoms with Gasteiger partial charge in [-0.3, -0.25) is 4.79 Å². The van der Waals surface area contributed by atoms with E-state index in [0.717, 1.165) is 12.1 Å². The van der Waals surface area contributed by atoms with Gasteiger partial charge in [-0.1, -0.05) is 18.2 Å². The van der Waals surface area contributed by atoms with E-state index in [1.807, 2.05) is 0 Å². The van der Waals surface area contributed by atoms with Crippen LogP contribution in [0.1, 0.15) is 6.42 Å². The summed E-state index contributed by atoms with van der Waals surface area (Å²) in [6.45, 7) is 0.0516. The normalized spacial score (nSPS) is 18.2. The lowest BCUT2D eigenvalue weighted by atomic mass is 10.3. The van der Waals surface area contributed by atoms with Crippen LogP contribution in [0.2, 0.25) is 0 Å². The fourth-order valence-corrected chi connectivity index (χ4v) is 3.93. The molecule has 1 heterocycles. The summed E-state index contributed by atoms with van der Waals surface area (Å²) in [4.78, 5) is 12.9. The van der Waals surface area contributed by atoms with Crippen LogP contribution in [-0.4, -0.2) is 26.9 Å². The Hall–Kier alpha value is -2.32. The summed E-state index contributed by atoms with van der Waals surface area (Å²) in [7, 11) is -4.09. The van der Waals surface area contributed by atoms with Crippen LogP contribution in [-0.2, 0) is 14.8 Å². The van der Waals surface area contributed by atoms with Gasteiger partial charge < -0.3 is 4.90 Å². The molecule has 2 aromatic rings. The molecule has 1 aliphatic heterocycles. The fraction of sp³-hybridized carbons (Fsp3) is 0.188. The van der Waals surface area contributed by atoms with E-state index in [1.54, 1.807) is 6.07 Å². The van der Waals surface area contributed by atoms with Gasteiger partial charge in [-0.2, -0.15) is 0 Å². The molecule has 1 N–H and O–H groups in total. The first-order valence-corrected chi connectivity index (χ1v) is 8.68. The van der Waals surface area contributed by atoms with Gasteiger partial charge in [0.25, 0.3) is 0 Å². The van der Waals surface area contributed by atoms with Crippen molar-refractivity contribution in [3.63, 3.8) is 0 Å². The van der Waals surface area contributed by atoms with Crippen molar-refractivity contribution in [3.05, 3.63) is 60.2 Å². The molecule has 0 bridgehead atoms. The molecule has 1 amide bonds. The highest BCUT2D eigenvalue weighted by atomic mass is 32.2. The number of nitrogens with zero attached hydrogens (tertiary/aromatic N) is 1. The fourth-order valence-electron chi connectivity index (χ4n) is 2.63. The Morgan fingerprint density at radius 3 is 2.54 bits per heavy atom. The SMILES string of the molecule is O=C1C[C@@H](NS(=O)(=O)c2ccccc2F)CN1c1cccc(F)c1. The van der Waals surface area contributed by atoms with Gasteiger partial charge >= 0.3 is 0 Å². The van der Waals surface area contributed by atoms with Crippen molar-refractivity contribution in [1.82, 2.24) is 4.72 Å². The summed E-state index contributed by atoms with van der Waals surface area (Å²) in [6.07, 6.45) is -0.0792. The molecule has 0 spiro atoms. The maximum atomic E-state index is 13.7. The van der Waals surface area contributed by atoms with E-state index in [2.05, 4.69) is 4.72 Å². The molecule has 126 valence electrons. The maximum Gasteiger partial charge on any atom is 0.243 e. The van der Waals surface area contributed by atoms with E-state index in [0.29, 0.717) is 5.69 Å². The second-order valence-electron chi connectivity index (χ2n) is 5.44. The van der Waals surface area contributed by atoms with E-state index in [-0.39, 0.29) is 18.9 Å². The molecule has 1 aliphatic rings. The molecule has 0 saturated carbocycles. The number of halogens is 2. The zero-order valence-corrected chi connectivity index (χ0v) is 13.3. The number of hydrogen-bond donors (Lipinski definition) is 1. The highest BCUT2D eigenvalue weighted by Gasteiger charge is 2.34. The first kappa shape index (κ1) is 16.5. The molecule has 3 rings (SSSR count). The van der Waals surface area contributed by atoms with Crippen LogP contribution < -0.4 is 9.62 Å². The molecular formula is C16H14F2N2O3S. The van der Waals surface area contributed by atoms with Crippen molar-refractivity contribution < 1.29 is 22.0 Å². The minimum atomic E-state index is -4.09. The summed E-state index contributed by atoms with van der Waals surface area (Å²) in [5.41, 5.74) is 0.354. The van der Waals surface area contributed by atoms with Gasteiger partial charge in [0.1, 0.15) is 16.5 Å². The summed E-state index contributed by atoms with van der Waals surface area (Å²) >= 11 is 0. The summed E-state index contributed by atoms with van der Waals surface area (Å²) in [6, 6.07) is 9.77. The van der Waals surface area contributed by atoms with Crippen LogP contribution >= 0.6 is 0 Å². The number of hydrogen-bond acceptors (Lipinski definition) is 3. The molecule has 0 aliphatic carbocycles. The van der Waals surface area contributed by atoms with Crippen molar-refractivity contribution in [1.29, 1.82) is 0 Å². The lowest BCUT2D eigenvalue weighted by Crippen LogP contribution is -2.37. The molecule has 24 heavy (non-hydrogen) atoms. The molecule has 5 nitrogen and oxygen atoms in total. The van der Waals surface area contributed by atoms with Gasteiger partial charge in [0, 0.05) is 24.7 Å². The summed E-state index contributed by atoms with van der Waals surface area (Å²) in [5, 5.41) is 0. The zero-order valence-electron chi connectivity index (χ0n) is 12.4. The Morgan fingerprint density at radius 2 is 1.83 bits per heavy atom. The topological polar surface area (TPSA) is 66.5 Å². The first-order valence-electron chi connectivity index (χ1n) is 7.19. The van der Waals surface area contributed by atoms with Gasteiger partial charge in [-0.15, -0.1) is 0 Å². The standard InChI is InChI=1S/C16H14F2N2O3S/c17-11-4-3-5-13(8-11)20-10-12(9-16(20)21)19-24(22,23)15-7-2-1-6-14(15)18/h1-8,12,19H,9-10H2/t12-/m1/s1. The maximum absolute atomic E-state index is 13.7. The van der Waals surface area contributed by atoms with Gasteiger partial charge in [0.15, 0.2) is 0 Å². The molecule has 0 unspecified atom stereocenters. The average molecular weight is 352 g/mol. The van der Waals surface area contributed by atoms with Crippen LogP contribution in [0.3, 0.4) is 0 Å². The number of benzene rings is 2. The molecule has 1 saturated heterocycles. The zero-order chi connectivity index (χ0) is 17.3. The van der Waals surface area contributed by atoms with E-state index >= 15 is 0 Å². The highest BCUT2D eigenvalue weighted by Crippen LogP contribution is 2.23. The Bertz CT molecular complexity index is 886. The van der Waals surface area contributed by atoms with E-state index < -0.39 is 32.6 Å². The quantitative estimate of drug-likeness (QED) is 0.916. The Kier molecular flexibility index (Phi) is 4.33. The summed E-state index contributed by atoms with van der Waals surface area (Å²) in [5.74, 6) is -1.69. The first-order chi connectivity index (χ1) is 11.4. The molecule has 1 fully saturated rings. The molecule has 0 radical (unpaired) electrons. The number of amides is 1. The highest BCUT2D eigenvalue weighted by molar-refractivity contribution is 7.89. The van der Waals surface area contributed by atoms with Crippen LogP contribution in [0.4, 0.5) is 14.5 Å². The molecule has 2 aromatic carbocycles. The lowest BCUT2D eigenvalue weighted by Gasteiger charge is -2.17. The van der Waals surface area contributed by atoms with Gasteiger partial charge in [0.05, 0.1) is 0 Å². The number of nitrogens with one attached hydrogen (secondary N) is 1. The summed E-state index contributed by atoms with van der Waals surface area (Å²) < 4.78 is 53.9. The third kappa shape index (κ3) is 3.29. The van der Waals surface area contributed by atoms with Crippen LogP contribution in [0.5, 0.6) is 0 Å². The van der Waals surface area contributed by atoms with Gasteiger partial charge in [0.2, 0.25) is 15.9 Å². The van der Waals surface area contributed by atoms with Crippen molar-refractivity contribution >= 4 is 21.6 Å². The minimum Gasteiger partial charge on any atom is -0.311 e. The smallest absolute Gasteiger partial charge is 0.243 e. The number of rotatable bonds is 4. The number of sulfonamides is 1.